The molecule has 0 aromatic rings. The van der Waals surface area contributed by atoms with Gasteiger partial charge in [-0.1, -0.05) is 23.2 Å². The van der Waals surface area contributed by atoms with Crippen LogP contribution in [0.25, 0.3) is 0 Å². The highest BCUT2D eigenvalue weighted by Gasteiger charge is 2.32. The normalized spacial score (nSPS) is 18.3. The Kier molecular flexibility index (Phi) is 7.60. The monoisotopic (exact) mass is 289 g/mol. The van der Waals surface area contributed by atoms with E-state index in [1.807, 2.05) is 5.32 Å². The number of alkyl halides is 2. The first-order chi connectivity index (χ1) is 7.84. The molecule has 1 amide bonds. The van der Waals surface area contributed by atoms with Gasteiger partial charge in [0.05, 0.1) is 6.61 Å². The lowest BCUT2D eigenvalue weighted by Crippen LogP contribution is -2.54. The van der Waals surface area contributed by atoms with E-state index in [1.165, 1.54) is 0 Å². The maximum Gasteiger partial charge on any atom is 0.253 e. The Labute approximate surface area is 107 Å². The van der Waals surface area contributed by atoms with Gasteiger partial charge in [0, 0.05) is 0 Å². The van der Waals surface area contributed by atoms with Crippen molar-refractivity contribution in [1.29, 1.82) is 0 Å². The summed E-state index contributed by atoms with van der Waals surface area (Å²) < 4.78 is 0. The summed E-state index contributed by atoms with van der Waals surface area (Å²) in [6.45, 7) is -0.814. The average molecular weight is 290 g/mol. The average Bonchev–Trinajstić information content (AvgIpc) is 2.32. The van der Waals surface area contributed by atoms with Crippen LogP contribution in [0.2, 0.25) is 0 Å². The van der Waals surface area contributed by atoms with Gasteiger partial charge in [-0.05, 0) is 0 Å². The fourth-order valence-corrected chi connectivity index (χ4v) is 1.10. The lowest BCUT2D eigenvalue weighted by atomic mass is 10.0. The Morgan fingerprint density at radius 2 is 1.76 bits per heavy atom. The molecule has 0 unspecified atom stereocenters. The number of amides is 1. The number of rotatable bonds is 7. The largest absolute Gasteiger partial charge is 0.394 e. The highest BCUT2D eigenvalue weighted by molar-refractivity contribution is 6.53. The molecular formula is C8H13Cl2NO6. The molecule has 0 heterocycles. The predicted molar refractivity (Wildman–Crippen MR) is 58.6 cm³/mol. The lowest BCUT2D eigenvalue weighted by molar-refractivity contribution is -0.130. The van der Waals surface area contributed by atoms with Gasteiger partial charge in [0.1, 0.15) is 30.6 Å². The van der Waals surface area contributed by atoms with Crippen molar-refractivity contribution in [3.63, 3.8) is 0 Å². The molecule has 7 nitrogen and oxygen atoms in total. The van der Waals surface area contributed by atoms with Crippen molar-refractivity contribution >= 4 is 35.4 Å². The minimum atomic E-state index is -1.81. The molecule has 5 N–H and O–H groups in total. The molecule has 17 heavy (non-hydrogen) atoms. The Morgan fingerprint density at radius 3 is 2.12 bits per heavy atom. The van der Waals surface area contributed by atoms with Crippen LogP contribution in [-0.2, 0) is 9.59 Å². The fourth-order valence-electron chi connectivity index (χ4n) is 0.975. The number of nitrogens with one attached hydrogen (secondary N) is 1. The standard InChI is InChI=1S/C8H13Cl2NO6/c9-7(10)8(17)11-3(1-12)5(15)6(16)4(14)2-13/h1,3-7,13-16H,2H2,(H,11,17)/t3-,4-,5-,6-/m1/s1. The Hall–Kier alpha value is -0.440. The van der Waals surface area contributed by atoms with Gasteiger partial charge in [0.2, 0.25) is 0 Å². The second-order valence-corrected chi connectivity index (χ2v) is 4.30. The van der Waals surface area contributed by atoms with Crippen LogP contribution in [0.5, 0.6) is 0 Å². The minimum Gasteiger partial charge on any atom is -0.394 e. The van der Waals surface area contributed by atoms with Crippen LogP contribution in [0.15, 0.2) is 0 Å². The third-order valence-corrected chi connectivity index (χ3v) is 2.35. The topological polar surface area (TPSA) is 127 Å². The molecule has 0 fully saturated rings. The third kappa shape index (κ3) is 5.15. The van der Waals surface area contributed by atoms with Crippen LogP contribution in [-0.4, -0.2) is 68.4 Å². The number of halogens is 2. The highest BCUT2D eigenvalue weighted by atomic mass is 35.5. The summed E-state index contributed by atoms with van der Waals surface area (Å²) in [5, 5.41) is 38.3. The number of aliphatic hydroxyl groups excluding tert-OH is 4. The number of aliphatic hydroxyl groups is 4. The third-order valence-electron chi connectivity index (χ3n) is 1.95. The van der Waals surface area contributed by atoms with Crippen LogP contribution in [0.1, 0.15) is 0 Å². The van der Waals surface area contributed by atoms with Crippen molar-refractivity contribution in [2.45, 2.75) is 29.2 Å². The first-order valence-electron chi connectivity index (χ1n) is 4.54. The van der Waals surface area contributed by atoms with Crippen molar-refractivity contribution < 1.29 is 30.0 Å². The van der Waals surface area contributed by atoms with Crippen molar-refractivity contribution in [3.8, 4) is 0 Å². The molecular weight excluding hydrogens is 277 g/mol. The van der Waals surface area contributed by atoms with Gasteiger partial charge in [-0.2, -0.15) is 0 Å². The molecule has 0 aliphatic carbocycles. The summed E-state index contributed by atoms with van der Waals surface area (Å²) in [4.78, 5) is 20.2. The first-order valence-corrected chi connectivity index (χ1v) is 5.41. The number of hydrogen-bond donors (Lipinski definition) is 5. The molecule has 4 atom stereocenters. The summed E-state index contributed by atoms with van der Waals surface area (Å²) >= 11 is 10.4. The number of hydrogen-bond acceptors (Lipinski definition) is 6. The zero-order chi connectivity index (χ0) is 13.6. The van der Waals surface area contributed by atoms with Gasteiger partial charge in [0.15, 0.2) is 4.84 Å². The maximum absolute atomic E-state index is 11.0. The summed E-state index contributed by atoms with van der Waals surface area (Å²) in [5.74, 6) is -0.935. The highest BCUT2D eigenvalue weighted by Crippen LogP contribution is 2.06. The van der Waals surface area contributed by atoms with E-state index in [2.05, 4.69) is 0 Å². The Bertz CT molecular complexity index is 264. The molecule has 0 saturated heterocycles. The first kappa shape index (κ1) is 16.6. The summed E-state index contributed by atoms with van der Waals surface area (Å²) in [7, 11) is 0. The summed E-state index contributed by atoms with van der Waals surface area (Å²) in [6, 6.07) is -1.50. The van der Waals surface area contributed by atoms with Gasteiger partial charge < -0.3 is 30.5 Å². The van der Waals surface area contributed by atoms with Crippen LogP contribution < -0.4 is 5.32 Å². The molecule has 0 bridgehead atoms. The molecule has 0 aliphatic rings. The zero-order valence-electron chi connectivity index (χ0n) is 8.53. The second kappa shape index (κ2) is 7.80. The maximum atomic E-state index is 11.0. The van der Waals surface area contributed by atoms with E-state index in [9.17, 15) is 19.8 Å². The Balaban J connectivity index is 4.55. The molecule has 0 rings (SSSR count). The van der Waals surface area contributed by atoms with Gasteiger partial charge in [-0.3, -0.25) is 4.79 Å². The van der Waals surface area contributed by atoms with E-state index in [0.29, 0.717) is 0 Å². The predicted octanol–water partition coefficient (Wildman–Crippen LogP) is -2.45. The van der Waals surface area contributed by atoms with Crippen molar-refractivity contribution in [1.82, 2.24) is 5.32 Å². The second-order valence-electron chi connectivity index (χ2n) is 3.20. The molecule has 9 heteroatoms. The molecule has 100 valence electrons. The molecule has 0 spiro atoms. The fraction of sp³-hybridized carbons (Fsp3) is 0.750. The number of carbonyl (C=O) groups is 2. The summed E-state index contributed by atoms with van der Waals surface area (Å²) in [6.07, 6.45) is -5.11. The minimum absolute atomic E-state index is 0.145. The van der Waals surface area contributed by atoms with Crippen LogP contribution >= 0.6 is 23.2 Å². The van der Waals surface area contributed by atoms with Gasteiger partial charge in [0.25, 0.3) is 5.91 Å². The van der Waals surface area contributed by atoms with Gasteiger partial charge in [-0.15, -0.1) is 0 Å². The summed E-state index contributed by atoms with van der Waals surface area (Å²) in [5.41, 5.74) is 0. The smallest absolute Gasteiger partial charge is 0.253 e. The SMILES string of the molecule is O=C[C@@H](NC(=O)C(Cl)Cl)[C@@H](O)[C@H](O)[C@H](O)CO. The molecule has 0 radical (unpaired) electrons. The van der Waals surface area contributed by atoms with Crippen LogP contribution in [0.3, 0.4) is 0 Å². The molecule has 0 aromatic carbocycles. The van der Waals surface area contributed by atoms with Crippen molar-refractivity contribution in [2.24, 2.45) is 0 Å². The van der Waals surface area contributed by atoms with Crippen LogP contribution in [0.4, 0.5) is 0 Å². The van der Waals surface area contributed by atoms with E-state index >= 15 is 0 Å². The molecule has 0 aliphatic heterocycles. The lowest BCUT2D eigenvalue weighted by Gasteiger charge is -2.26. The van der Waals surface area contributed by atoms with Crippen molar-refractivity contribution in [3.05, 3.63) is 0 Å². The van der Waals surface area contributed by atoms with Gasteiger partial charge in [-0.25, -0.2) is 0 Å². The van der Waals surface area contributed by atoms with Crippen LogP contribution in [0, 0.1) is 0 Å². The van der Waals surface area contributed by atoms with E-state index in [0.717, 1.165) is 0 Å². The van der Waals surface area contributed by atoms with E-state index in [1.54, 1.807) is 0 Å². The number of carbonyl (C=O) groups excluding carboxylic acids is 2. The van der Waals surface area contributed by atoms with E-state index in [4.69, 9.17) is 33.4 Å². The Morgan fingerprint density at radius 1 is 1.24 bits per heavy atom. The molecule has 0 saturated carbocycles. The van der Waals surface area contributed by atoms with Crippen molar-refractivity contribution in [2.75, 3.05) is 6.61 Å². The van der Waals surface area contributed by atoms with E-state index < -0.39 is 41.7 Å². The molecule has 0 aromatic heterocycles. The van der Waals surface area contributed by atoms with E-state index in [-0.39, 0.29) is 6.29 Å². The van der Waals surface area contributed by atoms with Gasteiger partial charge >= 0.3 is 0 Å². The number of aldehydes is 1. The quantitative estimate of drug-likeness (QED) is 0.262. The zero-order valence-corrected chi connectivity index (χ0v) is 10.0.